The van der Waals surface area contributed by atoms with E-state index in [1.54, 1.807) is 4.90 Å². The molecule has 0 aromatic rings. The maximum atomic E-state index is 11.7. The number of nitrogens with zero attached hydrogens (tertiary/aromatic N) is 1. The molecule has 2 aliphatic rings. The predicted octanol–water partition coefficient (Wildman–Crippen LogP) is 1.22. The summed E-state index contributed by atoms with van der Waals surface area (Å²) in [6, 6.07) is -0.127. The van der Waals surface area contributed by atoms with Crippen LogP contribution in [0.5, 0.6) is 0 Å². The third-order valence-electron chi connectivity index (χ3n) is 3.98. The number of amides is 3. The molecular weight excluding hydrogens is 230 g/mol. The minimum Gasteiger partial charge on any atom is -0.338 e. The van der Waals surface area contributed by atoms with Gasteiger partial charge in [0, 0.05) is 37.7 Å². The molecule has 5 nitrogen and oxygen atoms in total. The highest BCUT2D eigenvalue weighted by molar-refractivity contribution is 5.80. The first-order valence-electron chi connectivity index (χ1n) is 6.58. The molecule has 1 fully saturated rings. The number of carbonyl (C=O) groups excluding carboxylic acids is 2. The Morgan fingerprint density at radius 1 is 1.44 bits per heavy atom. The normalized spacial score (nSPS) is 26.7. The molecule has 1 atom stereocenters. The Kier molecular flexibility index (Phi) is 3.59. The third-order valence-corrected chi connectivity index (χ3v) is 3.98. The molecule has 3 amide bonds. The van der Waals surface area contributed by atoms with E-state index >= 15 is 0 Å². The fourth-order valence-corrected chi connectivity index (χ4v) is 2.96. The van der Waals surface area contributed by atoms with Crippen LogP contribution < -0.4 is 10.6 Å². The Morgan fingerprint density at radius 3 is 2.94 bits per heavy atom. The van der Waals surface area contributed by atoms with Gasteiger partial charge < -0.3 is 15.5 Å². The number of rotatable bonds is 3. The zero-order valence-corrected chi connectivity index (χ0v) is 11.1. The number of urea groups is 1. The van der Waals surface area contributed by atoms with Crippen molar-refractivity contribution in [3.8, 4) is 0 Å². The number of hydrogen-bond acceptors (Lipinski definition) is 2. The van der Waals surface area contributed by atoms with E-state index in [9.17, 15) is 9.59 Å². The molecule has 5 heteroatoms. The van der Waals surface area contributed by atoms with Gasteiger partial charge in [-0.25, -0.2) is 4.79 Å². The van der Waals surface area contributed by atoms with Crippen LogP contribution in [0.2, 0.25) is 0 Å². The Bertz CT molecular complexity index is 392. The average molecular weight is 251 g/mol. The first kappa shape index (κ1) is 12.9. The second-order valence-electron chi connectivity index (χ2n) is 5.07. The molecule has 1 heterocycles. The van der Waals surface area contributed by atoms with Crippen LogP contribution in [0.3, 0.4) is 0 Å². The number of piperidine rings is 1. The molecule has 1 aliphatic heterocycles. The van der Waals surface area contributed by atoms with Crippen LogP contribution in [0, 0.1) is 5.41 Å². The van der Waals surface area contributed by atoms with Crippen LogP contribution in [-0.4, -0.2) is 37.0 Å². The molecule has 0 aromatic carbocycles. The van der Waals surface area contributed by atoms with Crippen LogP contribution in [0.25, 0.3) is 0 Å². The second kappa shape index (κ2) is 5.00. The predicted molar refractivity (Wildman–Crippen MR) is 68.8 cm³/mol. The van der Waals surface area contributed by atoms with E-state index in [0.717, 1.165) is 25.0 Å². The summed E-state index contributed by atoms with van der Waals surface area (Å²) in [4.78, 5) is 25.0. The van der Waals surface area contributed by atoms with Crippen LogP contribution in [0.4, 0.5) is 4.79 Å². The molecule has 0 spiro atoms. The molecule has 2 N–H and O–H groups in total. The standard InChI is InChI=1S/C13H21N3O2/c1-3-14-12(18)15-9-13-7-4-5-10(13)16(2)11(17)6-8-13/h5H,3-4,6-9H2,1-2H3,(H2,14,15,18). The van der Waals surface area contributed by atoms with E-state index in [0.29, 0.717) is 19.5 Å². The van der Waals surface area contributed by atoms with Gasteiger partial charge in [0.25, 0.3) is 0 Å². The van der Waals surface area contributed by atoms with E-state index in [-0.39, 0.29) is 17.4 Å². The van der Waals surface area contributed by atoms with Gasteiger partial charge in [0.1, 0.15) is 0 Å². The fourth-order valence-electron chi connectivity index (χ4n) is 2.96. The van der Waals surface area contributed by atoms with Crippen molar-refractivity contribution >= 4 is 11.9 Å². The van der Waals surface area contributed by atoms with Crippen molar-refractivity contribution in [1.29, 1.82) is 0 Å². The Labute approximate surface area is 108 Å². The summed E-state index contributed by atoms with van der Waals surface area (Å²) in [5.41, 5.74) is 1.06. The highest BCUT2D eigenvalue weighted by atomic mass is 16.2. The lowest BCUT2D eigenvalue weighted by atomic mass is 9.77. The van der Waals surface area contributed by atoms with Gasteiger partial charge in [0.2, 0.25) is 5.91 Å². The van der Waals surface area contributed by atoms with Crippen LogP contribution in [0.15, 0.2) is 11.8 Å². The van der Waals surface area contributed by atoms with E-state index in [2.05, 4.69) is 16.7 Å². The van der Waals surface area contributed by atoms with E-state index in [1.165, 1.54) is 0 Å². The lowest BCUT2D eigenvalue weighted by Gasteiger charge is -2.41. The van der Waals surface area contributed by atoms with Gasteiger partial charge in [-0.1, -0.05) is 6.08 Å². The molecule has 0 bridgehead atoms. The summed E-state index contributed by atoms with van der Waals surface area (Å²) in [7, 11) is 1.83. The van der Waals surface area contributed by atoms with Crippen molar-refractivity contribution < 1.29 is 9.59 Å². The van der Waals surface area contributed by atoms with Gasteiger partial charge in [-0.2, -0.15) is 0 Å². The van der Waals surface area contributed by atoms with Gasteiger partial charge in [0.15, 0.2) is 0 Å². The number of fused-ring (bicyclic) bond motifs is 1. The summed E-state index contributed by atoms with van der Waals surface area (Å²) in [6.45, 7) is 3.13. The van der Waals surface area contributed by atoms with Crippen molar-refractivity contribution in [2.24, 2.45) is 5.41 Å². The number of likely N-dealkylation sites (tertiary alicyclic amines) is 1. The minimum absolute atomic E-state index is 0.0340. The number of allylic oxidation sites excluding steroid dienone is 1. The zero-order valence-electron chi connectivity index (χ0n) is 11.1. The largest absolute Gasteiger partial charge is 0.338 e. The van der Waals surface area contributed by atoms with Crippen molar-refractivity contribution in [1.82, 2.24) is 15.5 Å². The summed E-state index contributed by atoms with van der Waals surface area (Å²) in [6.07, 6.45) is 5.56. The van der Waals surface area contributed by atoms with Crippen molar-refractivity contribution in [3.63, 3.8) is 0 Å². The summed E-state index contributed by atoms with van der Waals surface area (Å²) in [5.74, 6) is 0.178. The molecule has 1 aliphatic carbocycles. The lowest BCUT2D eigenvalue weighted by Crippen LogP contribution is -2.48. The summed E-state index contributed by atoms with van der Waals surface area (Å²) in [5, 5.41) is 5.65. The van der Waals surface area contributed by atoms with Gasteiger partial charge in [-0.3, -0.25) is 4.79 Å². The SMILES string of the molecule is CCNC(=O)NCC12CCC=C1N(C)C(=O)CC2. The topological polar surface area (TPSA) is 61.4 Å². The van der Waals surface area contributed by atoms with Crippen molar-refractivity contribution in [2.45, 2.75) is 32.6 Å². The van der Waals surface area contributed by atoms with Crippen molar-refractivity contribution in [2.75, 3.05) is 20.1 Å². The maximum absolute atomic E-state index is 11.7. The highest BCUT2D eigenvalue weighted by Gasteiger charge is 2.44. The first-order valence-corrected chi connectivity index (χ1v) is 6.58. The minimum atomic E-state index is -0.127. The van der Waals surface area contributed by atoms with Crippen molar-refractivity contribution in [3.05, 3.63) is 11.8 Å². The monoisotopic (exact) mass is 251 g/mol. The number of carbonyl (C=O) groups is 2. The van der Waals surface area contributed by atoms with Gasteiger partial charge in [-0.15, -0.1) is 0 Å². The molecule has 2 rings (SSSR count). The molecule has 0 aromatic heterocycles. The Morgan fingerprint density at radius 2 is 2.22 bits per heavy atom. The highest BCUT2D eigenvalue weighted by Crippen LogP contribution is 2.46. The van der Waals surface area contributed by atoms with Crippen LogP contribution in [-0.2, 0) is 4.79 Å². The van der Waals surface area contributed by atoms with Gasteiger partial charge in [0.05, 0.1) is 0 Å². The average Bonchev–Trinajstić information content (AvgIpc) is 2.77. The zero-order chi connectivity index (χ0) is 13.2. The van der Waals surface area contributed by atoms with Gasteiger partial charge >= 0.3 is 6.03 Å². The number of hydrogen-bond donors (Lipinski definition) is 2. The fraction of sp³-hybridized carbons (Fsp3) is 0.692. The Hall–Kier alpha value is -1.52. The molecule has 100 valence electrons. The summed E-state index contributed by atoms with van der Waals surface area (Å²) >= 11 is 0. The molecule has 0 radical (unpaired) electrons. The van der Waals surface area contributed by atoms with Gasteiger partial charge in [-0.05, 0) is 26.2 Å². The van der Waals surface area contributed by atoms with Crippen LogP contribution in [0.1, 0.15) is 32.6 Å². The smallest absolute Gasteiger partial charge is 0.314 e. The quantitative estimate of drug-likeness (QED) is 0.792. The molecule has 18 heavy (non-hydrogen) atoms. The Balaban J connectivity index is 2.04. The lowest BCUT2D eigenvalue weighted by molar-refractivity contribution is -0.131. The molecular formula is C13H21N3O2. The molecule has 1 saturated heterocycles. The molecule has 1 unspecified atom stereocenters. The number of nitrogens with one attached hydrogen (secondary N) is 2. The third kappa shape index (κ3) is 2.21. The summed E-state index contributed by atoms with van der Waals surface area (Å²) < 4.78 is 0. The van der Waals surface area contributed by atoms with E-state index < -0.39 is 0 Å². The van der Waals surface area contributed by atoms with E-state index in [4.69, 9.17) is 0 Å². The maximum Gasteiger partial charge on any atom is 0.314 e. The van der Waals surface area contributed by atoms with E-state index in [1.807, 2.05) is 14.0 Å². The second-order valence-corrected chi connectivity index (χ2v) is 5.07. The molecule has 0 saturated carbocycles. The van der Waals surface area contributed by atoms with Crippen LogP contribution >= 0.6 is 0 Å². The first-order chi connectivity index (χ1) is 8.59.